The number of aryl methyl sites for hydroxylation is 2. The third-order valence-electron chi connectivity index (χ3n) is 4.35. The van der Waals surface area contributed by atoms with Crippen LogP contribution in [0.15, 0.2) is 66.3 Å². The summed E-state index contributed by atoms with van der Waals surface area (Å²) in [5, 5.41) is 0.915. The monoisotopic (exact) mass is 360 g/mol. The van der Waals surface area contributed by atoms with Gasteiger partial charge in [0.05, 0.1) is 5.69 Å². The lowest BCUT2D eigenvalue weighted by Crippen LogP contribution is -1.97. The third-order valence-corrected chi connectivity index (χ3v) is 5.39. The molecule has 0 radical (unpaired) electrons. The number of hydrogen-bond donors (Lipinski definition) is 0. The number of benzene rings is 2. The molecule has 0 saturated heterocycles. The molecule has 0 atom stereocenters. The van der Waals surface area contributed by atoms with Gasteiger partial charge >= 0.3 is 0 Å². The van der Waals surface area contributed by atoms with Crippen LogP contribution in [-0.4, -0.2) is 19.4 Å². The molecular weight excluding hydrogens is 340 g/mol. The van der Waals surface area contributed by atoms with Crippen molar-refractivity contribution in [1.82, 2.24) is 19.4 Å². The van der Waals surface area contributed by atoms with Crippen LogP contribution in [0.3, 0.4) is 0 Å². The van der Waals surface area contributed by atoms with E-state index in [1.165, 1.54) is 22.3 Å². The predicted molar refractivity (Wildman–Crippen MR) is 106 cm³/mol. The molecule has 0 spiro atoms. The Hall–Kier alpha value is -2.66. The first-order valence-corrected chi connectivity index (χ1v) is 9.58. The van der Waals surface area contributed by atoms with E-state index in [1.54, 1.807) is 18.1 Å². The molecule has 0 aliphatic carbocycles. The zero-order chi connectivity index (χ0) is 17.9. The molecule has 0 unspecified atom stereocenters. The van der Waals surface area contributed by atoms with E-state index in [0.717, 1.165) is 28.7 Å². The topological polar surface area (TPSA) is 43.1 Å². The van der Waals surface area contributed by atoms with E-state index in [9.17, 15) is 0 Å². The summed E-state index contributed by atoms with van der Waals surface area (Å²) in [6.45, 7) is 4.20. The maximum absolute atomic E-state index is 4.59. The van der Waals surface area contributed by atoms with Crippen LogP contribution in [0.5, 0.6) is 0 Å². The molecule has 0 fully saturated rings. The summed E-state index contributed by atoms with van der Waals surface area (Å²) in [5.41, 5.74) is 6.93. The van der Waals surface area contributed by atoms with Gasteiger partial charge in [-0.2, -0.15) is 0 Å². The van der Waals surface area contributed by atoms with Gasteiger partial charge in [-0.25, -0.2) is 15.0 Å². The average Bonchev–Trinajstić information content (AvgIpc) is 3.07. The Morgan fingerprint density at radius 1 is 0.808 bits per heavy atom. The molecule has 2 heterocycles. The Labute approximate surface area is 157 Å². The van der Waals surface area contributed by atoms with Crippen molar-refractivity contribution < 1.29 is 0 Å². The molecule has 0 N–H and O–H groups in total. The molecule has 0 aliphatic rings. The van der Waals surface area contributed by atoms with Gasteiger partial charge in [-0.3, -0.25) is 4.40 Å². The Morgan fingerprint density at radius 3 is 2.15 bits per heavy atom. The van der Waals surface area contributed by atoms with Crippen LogP contribution in [0.4, 0.5) is 0 Å². The normalized spacial score (nSPS) is 11.2. The second kappa shape index (κ2) is 7.30. The lowest BCUT2D eigenvalue weighted by molar-refractivity contribution is 0.860. The summed E-state index contributed by atoms with van der Waals surface area (Å²) >= 11 is 1.70. The van der Waals surface area contributed by atoms with Crippen molar-refractivity contribution in [2.45, 2.75) is 31.2 Å². The summed E-state index contributed by atoms with van der Waals surface area (Å²) in [6, 6.07) is 17.2. The SMILES string of the molecule is Cc1ccc(CSc2ncnc3c(Cc4ccc(C)cc4)ncn23)cc1. The zero-order valence-corrected chi connectivity index (χ0v) is 15.7. The number of nitrogens with zero attached hydrogens (tertiary/aromatic N) is 4. The zero-order valence-electron chi connectivity index (χ0n) is 14.9. The molecule has 130 valence electrons. The van der Waals surface area contributed by atoms with Crippen LogP contribution >= 0.6 is 11.8 Å². The van der Waals surface area contributed by atoms with Gasteiger partial charge in [-0.1, -0.05) is 71.4 Å². The van der Waals surface area contributed by atoms with Gasteiger partial charge in [0, 0.05) is 12.2 Å². The smallest absolute Gasteiger partial charge is 0.176 e. The van der Waals surface area contributed by atoms with Crippen LogP contribution < -0.4 is 0 Å². The van der Waals surface area contributed by atoms with Gasteiger partial charge in [0.25, 0.3) is 0 Å². The van der Waals surface area contributed by atoms with E-state index in [-0.39, 0.29) is 0 Å². The highest BCUT2D eigenvalue weighted by atomic mass is 32.2. The first kappa shape index (κ1) is 16.8. The van der Waals surface area contributed by atoms with E-state index in [1.807, 2.05) is 10.7 Å². The van der Waals surface area contributed by atoms with Gasteiger partial charge in [-0.15, -0.1) is 0 Å². The summed E-state index contributed by atoms with van der Waals surface area (Å²) in [6.07, 6.45) is 4.24. The number of imidazole rings is 1. The fraction of sp³-hybridized carbons (Fsp3) is 0.190. The third kappa shape index (κ3) is 3.63. The standard InChI is InChI=1S/C21H20N4S/c1-15-3-7-17(8-4-15)11-19-20-22-13-23-21(25(20)14-24-19)26-12-18-9-5-16(2)6-10-18/h3-10,13-14H,11-12H2,1-2H3. The molecule has 26 heavy (non-hydrogen) atoms. The van der Waals surface area contributed by atoms with Crippen LogP contribution in [0.25, 0.3) is 5.65 Å². The summed E-state index contributed by atoms with van der Waals surface area (Å²) in [7, 11) is 0. The molecule has 2 aromatic carbocycles. The van der Waals surface area contributed by atoms with E-state index in [2.05, 4.69) is 77.3 Å². The first-order chi connectivity index (χ1) is 12.7. The van der Waals surface area contributed by atoms with E-state index < -0.39 is 0 Å². The maximum Gasteiger partial charge on any atom is 0.176 e. The van der Waals surface area contributed by atoms with Crippen molar-refractivity contribution in [3.8, 4) is 0 Å². The molecule has 0 amide bonds. The number of hydrogen-bond acceptors (Lipinski definition) is 4. The van der Waals surface area contributed by atoms with Crippen LogP contribution in [0.1, 0.15) is 27.9 Å². The number of fused-ring (bicyclic) bond motifs is 1. The molecule has 0 saturated carbocycles. The fourth-order valence-corrected chi connectivity index (χ4v) is 3.70. The van der Waals surface area contributed by atoms with Gasteiger partial charge in [-0.05, 0) is 25.0 Å². The molecule has 5 heteroatoms. The number of rotatable bonds is 5. The van der Waals surface area contributed by atoms with Crippen molar-refractivity contribution in [3.63, 3.8) is 0 Å². The van der Waals surface area contributed by atoms with Crippen molar-refractivity contribution in [2.24, 2.45) is 0 Å². The second-order valence-corrected chi connectivity index (χ2v) is 7.42. The average molecular weight is 360 g/mol. The lowest BCUT2D eigenvalue weighted by atomic mass is 10.1. The van der Waals surface area contributed by atoms with Gasteiger partial charge in [0.1, 0.15) is 12.7 Å². The minimum atomic E-state index is 0.774. The first-order valence-electron chi connectivity index (χ1n) is 8.60. The molecule has 4 rings (SSSR count). The van der Waals surface area contributed by atoms with Crippen molar-refractivity contribution in [2.75, 3.05) is 0 Å². The van der Waals surface area contributed by atoms with Crippen molar-refractivity contribution in [3.05, 3.63) is 89.1 Å². The number of thioether (sulfide) groups is 1. The highest BCUT2D eigenvalue weighted by molar-refractivity contribution is 7.98. The van der Waals surface area contributed by atoms with Gasteiger partial charge < -0.3 is 0 Å². The van der Waals surface area contributed by atoms with Crippen LogP contribution in [0.2, 0.25) is 0 Å². The summed E-state index contributed by atoms with van der Waals surface area (Å²) < 4.78 is 1.99. The quantitative estimate of drug-likeness (QED) is 0.487. The minimum Gasteiger partial charge on any atom is -0.262 e. The Balaban J connectivity index is 1.56. The van der Waals surface area contributed by atoms with Crippen LogP contribution in [0, 0.1) is 13.8 Å². The van der Waals surface area contributed by atoms with E-state index in [0.29, 0.717) is 0 Å². The lowest BCUT2D eigenvalue weighted by Gasteiger charge is -2.05. The maximum atomic E-state index is 4.59. The molecule has 2 aromatic heterocycles. The van der Waals surface area contributed by atoms with E-state index in [4.69, 9.17) is 0 Å². The van der Waals surface area contributed by atoms with Crippen LogP contribution in [-0.2, 0) is 12.2 Å². The van der Waals surface area contributed by atoms with E-state index >= 15 is 0 Å². The van der Waals surface area contributed by atoms with Crippen molar-refractivity contribution >= 4 is 17.4 Å². The summed E-state index contributed by atoms with van der Waals surface area (Å²) in [4.78, 5) is 13.5. The highest BCUT2D eigenvalue weighted by Gasteiger charge is 2.11. The highest BCUT2D eigenvalue weighted by Crippen LogP contribution is 2.23. The predicted octanol–water partition coefficient (Wildman–Crippen LogP) is 4.62. The second-order valence-electron chi connectivity index (χ2n) is 6.48. The summed E-state index contributed by atoms with van der Waals surface area (Å²) in [5.74, 6) is 0.873. The minimum absolute atomic E-state index is 0.774. The molecular formula is C21H20N4S. The fourth-order valence-electron chi connectivity index (χ4n) is 2.81. The Bertz CT molecular complexity index is 1020. The number of aromatic nitrogens is 4. The van der Waals surface area contributed by atoms with Crippen molar-refractivity contribution in [1.29, 1.82) is 0 Å². The Morgan fingerprint density at radius 2 is 1.46 bits per heavy atom. The van der Waals surface area contributed by atoms with Gasteiger partial charge in [0.15, 0.2) is 10.8 Å². The molecule has 4 nitrogen and oxygen atoms in total. The largest absolute Gasteiger partial charge is 0.262 e. The molecule has 0 bridgehead atoms. The molecule has 4 aromatic rings. The van der Waals surface area contributed by atoms with Gasteiger partial charge in [0.2, 0.25) is 0 Å². The molecule has 0 aliphatic heterocycles. The Kier molecular flexibility index (Phi) is 4.71.